The summed E-state index contributed by atoms with van der Waals surface area (Å²) in [4.78, 5) is 24.6. The van der Waals surface area contributed by atoms with Gasteiger partial charge in [0.1, 0.15) is 12.3 Å². The van der Waals surface area contributed by atoms with Crippen LogP contribution in [0.15, 0.2) is 36.4 Å². The van der Waals surface area contributed by atoms with Gasteiger partial charge in [0.05, 0.1) is 26.4 Å². The number of hydrogen-bond donors (Lipinski definition) is 3. The van der Waals surface area contributed by atoms with Crippen LogP contribution < -0.4 is 20.3 Å². The van der Waals surface area contributed by atoms with Gasteiger partial charge in [0.25, 0.3) is 5.91 Å². The van der Waals surface area contributed by atoms with Crippen LogP contribution >= 0.6 is 0 Å². The minimum atomic E-state index is -1.68. The molecule has 1 atom stereocenters. The number of anilines is 1. The van der Waals surface area contributed by atoms with Crippen molar-refractivity contribution in [3.63, 3.8) is 0 Å². The van der Waals surface area contributed by atoms with Crippen molar-refractivity contribution in [2.75, 3.05) is 32.6 Å². The quantitative estimate of drug-likeness (QED) is 0.581. The molecule has 0 bridgehead atoms. The zero-order valence-corrected chi connectivity index (χ0v) is 15.4. The summed E-state index contributed by atoms with van der Waals surface area (Å²) in [5.41, 5.74) is 0.512. The Hall–Kier alpha value is -3.07. The molecule has 0 aliphatic carbocycles. The third-order valence-corrected chi connectivity index (χ3v) is 3.88. The standard InChI is InChI=1S/C19H20F3N3O3/c1-25(10-12-3-5-13(28-2)6-4-12)11-17(27)23-9-16(26)24-15-8-7-14(20)18(21)19(15)22/h3-8H,9-11H2,1-2H3,(H,23,27)(H,24,26)/p+1. The Labute approximate surface area is 160 Å². The number of amides is 2. The Morgan fingerprint density at radius 1 is 1.00 bits per heavy atom. The van der Waals surface area contributed by atoms with Gasteiger partial charge < -0.3 is 20.3 Å². The van der Waals surface area contributed by atoms with E-state index in [2.05, 4.69) is 10.6 Å². The van der Waals surface area contributed by atoms with Crippen molar-refractivity contribution in [3.05, 3.63) is 59.4 Å². The number of benzene rings is 2. The van der Waals surface area contributed by atoms with Gasteiger partial charge in [-0.05, 0) is 36.4 Å². The van der Waals surface area contributed by atoms with Crippen LogP contribution in [0, 0.1) is 17.5 Å². The smallest absolute Gasteiger partial charge is 0.275 e. The van der Waals surface area contributed by atoms with Gasteiger partial charge in [-0.3, -0.25) is 9.59 Å². The topological polar surface area (TPSA) is 71.9 Å². The van der Waals surface area contributed by atoms with Crippen LogP contribution in [0.25, 0.3) is 0 Å². The van der Waals surface area contributed by atoms with E-state index in [1.807, 2.05) is 31.3 Å². The summed E-state index contributed by atoms with van der Waals surface area (Å²) in [6.07, 6.45) is 0. The van der Waals surface area contributed by atoms with Gasteiger partial charge in [-0.2, -0.15) is 0 Å². The molecule has 2 amide bonds. The maximum absolute atomic E-state index is 13.5. The molecule has 0 radical (unpaired) electrons. The molecular formula is C19H21F3N3O3+. The monoisotopic (exact) mass is 396 g/mol. The zero-order valence-electron chi connectivity index (χ0n) is 15.4. The number of methoxy groups -OCH3 is 1. The molecule has 0 heterocycles. The fraction of sp³-hybridized carbons (Fsp3) is 0.263. The molecule has 2 rings (SSSR count). The largest absolute Gasteiger partial charge is 0.497 e. The van der Waals surface area contributed by atoms with E-state index in [4.69, 9.17) is 4.74 Å². The van der Waals surface area contributed by atoms with E-state index in [1.54, 1.807) is 7.11 Å². The van der Waals surface area contributed by atoms with Crippen LogP contribution in [0.5, 0.6) is 5.75 Å². The van der Waals surface area contributed by atoms with Crippen molar-refractivity contribution in [1.82, 2.24) is 5.32 Å². The summed E-state index contributed by atoms with van der Waals surface area (Å²) in [5, 5.41) is 4.48. The van der Waals surface area contributed by atoms with Crippen molar-refractivity contribution in [2.45, 2.75) is 6.54 Å². The highest BCUT2D eigenvalue weighted by molar-refractivity contribution is 5.94. The van der Waals surface area contributed by atoms with Crippen LogP contribution in [-0.2, 0) is 16.1 Å². The first-order chi connectivity index (χ1) is 13.3. The Morgan fingerprint density at radius 2 is 1.68 bits per heavy atom. The number of quaternary nitrogens is 1. The van der Waals surface area contributed by atoms with Gasteiger partial charge >= 0.3 is 0 Å². The molecule has 3 N–H and O–H groups in total. The molecule has 2 aromatic carbocycles. The van der Waals surface area contributed by atoms with Gasteiger partial charge in [0.2, 0.25) is 5.91 Å². The lowest BCUT2D eigenvalue weighted by atomic mass is 10.2. The minimum Gasteiger partial charge on any atom is -0.497 e. The molecule has 1 unspecified atom stereocenters. The minimum absolute atomic E-state index is 0.110. The number of rotatable bonds is 8. The maximum Gasteiger partial charge on any atom is 0.275 e. The summed E-state index contributed by atoms with van der Waals surface area (Å²) in [6.45, 7) is 0.273. The fourth-order valence-electron chi connectivity index (χ4n) is 2.49. The number of carbonyl (C=O) groups is 2. The molecule has 0 saturated heterocycles. The van der Waals surface area contributed by atoms with Crippen LogP contribution in [0.2, 0.25) is 0 Å². The molecule has 0 saturated carbocycles. The number of carbonyl (C=O) groups excluding carboxylic acids is 2. The van der Waals surface area contributed by atoms with Crippen molar-refractivity contribution in [2.24, 2.45) is 0 Å². The van der Waals surface area contributed by atoms with Crippen LogP contribution in [0.4, 0.5) is 18.9 Å². The van der Waals surface area contributed by atoms with Gasteiger partial charge in [0.15, 0.2) is 24.0 Å². The van der Waals surface area contributed by atoms with Crippen molar-refractivity contribution < 1.29 is 32.4 Å². The number of likely N-dealkylation sites (N-methyl/N-ethyl adjacent to an activating group) is 1. The Bertz CT molecular complexity index is 844. The van der Waals surface area contributed by atoms with Gasteiger partial charge in [0, 0.05) is 5.56 Å². The van der Waals surface area contributed by atoms with E-state index in [0.29, 0.717) is 12.6 Å². The molecule has 0 spiro atoms. The van der Waals surface area contributed by atoms with E-state index in [0.717, 1.165) is 22.3 Å². The Morgan fingerprint density at radius 3 is 2.32 bits per heavy atom. The molecule has 9 heteroatoms. The first-order valence-corrected chi connectivity index (χ1v) is 8.44. The summed E-state index contributed by atoms with van der Waals surface area (Å²) >= 11 is 0. The molecular weight excluding hydrogens is 375 g/mol. The Kier molecular flexibility index (Phi) is 7.39. The van der Waals surface area contributed by atoms with E-state index in [1.165, 1.54) is 0 Å². The summed E-state index contributed by atoms with van der Waals surface area (Å²) in [5.74, 6) is -4.93. The van der Waals surface area contributed by atoms with Gasteiger partial charge in [-0.25, -0.2) is 13.2 Å². The number of halogens is 3. The SMILES string of the molecule is COc1ccc(C[NH+](C)CC(=O)NCC(=O)Nc2ccc(F)c(F)c2F)cc1. The lowest BCUT2D eigenvalue weighted by Gasteiger charge is -2.14. The maximum atomic E-state index is 13.5. The fourth-order valence-corrected chi connectivity index (χ4v) is 2.49. The van der Waals surface area contributed by atoms with E-state index in [9.17, 15) is 22.8 Å². The van der Waals surface area contributed by atoms with E-state index in [-0.39, 0.29) is 12.5 Å². The van der Waals surface area contributed by atoms with Gasteiger partial charge in [-0.1, -0.05) is 0 Å². The van der Waals surface area contributed by atoms with Gasteiger partial charge in [-0.15, -0.1) is 0 Å². The third-order valence-electron chi connectivity index (χ3n) is 3.88. The van der Waals surface area contributed by atoms with Crippen LogP contribution in [-0.4, -0.2) is 39.1 Å². The summed E-state index contributed by atoms with van der Waals surface area (Å²) in [6, 6.07) is 9.04. The molecule has 0 aromatic heterocycles. The van der Waals surface area contributed by atoms with E-state index >= 15 is 0 Å². The lowest BCUT2D eigenvalue weighted by Crippen LogP contribution is -3.08. The predicted octanol–water partition coefficient (Wildman–Crippen LogP) is 0.882. The molecule has 0 aliphatic heterocycles. The summed E-state index contributed by atoms with van der Waals surface area (Å²) < 4.78 is 44.6. The molecule has 6 nitrogen and oxygen atoms in total. The average Bonchev–Trinajstić information content (AvgIpc) is 2.67. The second-order valence-corrected chi connectivity index (χ2v) is 6.21. The molecule has 0 aliphatic rings. The first kappa shape index (κ1) is 21.2. The molecule has 28 heavy (non-hydrogen) atoms. The molecule has 150 valence electrons. The number of nitrogens with one attached hydrogen (secondary N) is 3. The molecule has 0 fully saturated rings. The predicted molar refractivity (Wildman–Crippen MR) is 96.4 cm³/mol. The average molecular weight is 396 g/mol. The van der Waals surface area contributed by atoms with E-state index < -0.39 is 35.6 Å². The number of ether oxygens (including phenoxy) is 1. The van der Waals surface area contributed by atoms with Crippen LogP contribution in [0.3, 0.4) is 0 Å². The Balaban J connectivity index is 1.78. The molecule has 2 aromatic rings. The number of hydrogen-bond acceptors (Lipinski definition) is 3. The van der Waals surface area contributed by atoms with Crippen molar-refractivity contribution in [1.29, 1.82) is 0 Å². The lowest BCUT2D eigenvalue weighted by molar-refractivity contribution is -0.885. The second kappa shape index (κ2) is 9.75. The second-order valence-electron chi connectivity index (χ2n) is 6.21. The van der Waals surface area contributed by atoms with Crippen LogP contribution in [0.1, 0.15) is 5.56 Å². The highest BCUT2D eigenvalue weighted by atomic mass is 19.2. The summed E-state index contributed by atoms with van der Waals surface area (Å²) in [7, 11) is 3.40. The normalized spacial score (nSPS) is 11.6. The first-order valence-electron chi connectivity index (χ1n) is 8.44. The zero-order chi connectivity index (χ0) is 20.7. The van der Waals surface area contributed by atoms with Crippen molar-refractivity contribution >= 4 is 17.5 Å². The third kappa shape index (κ3) is 5.98. The highest BCUT2D eigenvalue weighted by Gasteiger charge is 2.16. The van der Waals surface area contributed by atoms with Crippen molar-refractivity contribution in [3.8, 4) is 5.75 Å². The highest BCUT2D eigenvalue weighted by Crippen LogP contribution is 2.19.